The zero-order valence-electron chi connectivity index (χ0n) is 27.2. The summed E-state index contributed by atoms with van der Waals surface area (Å²) in [6, 6.07) is 0. The number of hydrogen-bond donors (Lipinski definition) is 1. The Morgan fingerprint density at radius 1 is 0.237 bits per heavy atom. The van der Waals surface area contributed by atoms with Crippen molar-refractivity contribution in [1.29, 1.82) is 0 Å². The molecule has 0 aromatic carbocycles. The van der Waals surface area contributed by atoms with Crippen molar-refractivity contribution < 1.29 is 0 Å². The first kappa shape index (κ1) is 38.0. The van der Waals surface area contributed by atoms with E-state index in [1.807, 2.05) is 0 Å². The molecule has 0 bridgehead atoms. The van der Waals surface area contributed by atoms with Crippen LogP contribution in [0.25, 0.3) is 0 Å². The van der Waals surface area contributed by atoms with Gasteiger partial charge in [-0.15, -0.1) is 0 Å². The Bertz CT molecular complexity index is 343. The molecule has 0 radical (unpaired) electrons. The van der Waals surface area contributed by atoms with Crippen LogP contribution >= 0.6 is 0 Å². The van der Waals surface area contributed by atoms with E-state index in [4.69, 9.17) is 0 Å². The molecule has 0 unspecified atom stereocenters. The van der Waals surface area contributed by atoms with Gasteiger partial charge in [-0.05, 0) is 19.5 Å². The summed E-state index contributed by atoms with van der Waals surface area (Å²) in [6.45, 7) is 6.85. The van der Waals surface area contributed by atoms with Crippen molar-refractivity contribution in [2.45, 2.75) is 226 Å². The standard InChI is InChI=1S/C37H77N/c1-3-5-6-7-8-9-10-11-12-13-14-15-16-17-18-19-20-21-22-23-24-25-26-27-28-29-30-31-32-33-34-35-36-37-38-4-2/h38H,3-37H2,1-2H3. The van der Waals surface area contributed by atoms with Crippen molar-refractivity contribution >= 4 is 0 Å². The highest BCUT2D eigenvalue weighted by atomic mass is 14.8. The molecule has 0 aliphatic heterocycles. The minimum atomic E-state index is 1.12. The molecule has 0 fully saturated rings. The molecule has 0 aliphatic rings. The Kier molecular flexibility index (Phi) is 36.9. The quantitative estimate of drug-likeness (QED) is 0.0795. The second-order valence-electron chi connectivity index (χ2n) is 12.7. The van der Waals surface area contributed by atoms with E-state index in [0.29, 0.717) is 0 Å². The molecule has 0 heterocycles. The van der Waals surface area contributed by atoms with Crippen molar-refractivity contribution in [2.75, 3.05) is 13.1 Å². The topological polar surface area (TPSA) is 12.0 Å². The maximum Gasteiger partial charge on any atom is -0.00490 e. The normalized spacial score (nSPS) is 11.5. The lowest BCUT2D eigenvalue weighted by atomic mass is 10.0. The van der Waals surface area contributed by atoms with E-state index in [1.165, 1.54) is 218 Å². The van der Waals surface area contributed by atoms with E-state index < -0.39 is 0 Å². The molecule has 38 heavy (non-hydrogen) atoms. The molecule has 0 saturated heterocycles. The SMILES string of the molecule is CCCCCCCCCCCCCCCCCCCCCCCCCCCCCCCCCCCNCC. The molecule has 1 N–H and O–H groups in total. The monoisotopic (exact) mass is 536 g/mol. The second kappa shape index (κ2) is 37.0. The zero-order valence-corrected chi connectivity index (χ0v) is 27.2. The first-order chi connectivity index (χ1) is 18.9. The molecule has 0 amide bonds. The van der Waals surface area contributed by atoms with E-state index in [0.717, 1.165) is 6.54 Å². The third-order valence-corrected chi connectivity index (χ3v) is 8.71. The molecule has 0 rings (SSSR count). The van der Waals surface area contributed by atoms with Crippen LogP contribution in [0.1, 0.15) is 226 Å². The van der Waals surface area contributed by atoms with E-state index in [-0.39, 0.29) is 0 Å². The van der Waals surface area contributed by atoms with Gasteiger partial charge in [-0.3, -0.25) is 0 Å². The van der Waals surface area contributed by atoms with Crippen molar-refractivity contribution in [1.82, 2.24) is 5.32 Å². The Labute approximate surface area is 243 Å². The first-order valence-electron chi connectivity index (χ1n) is 18.6. The molecule has 0 aromatic rings. The minimum absolute atomic E-state index is 1.12. The summed E-state index contributed by atoms with van der Waals surface area (Å²) in [7, 11) is 0. The fourth-order valence-electron chi connectivity index (χ4n) is 5.98. The van der Waals surface area contributed by atoms with Crippen LogP contribution in [0.5, 0.6) is 0 Å². The third kappa shape index (κ3) is 36.0. The summed E-state index contributed by atoms with van der Waals surface area (Å²) in [4.78, 5) is 0. The van der Waals surface area contributed by atoms with Gasteiger partial charge in [-0.2, -0.15) is 0 Å². The Morgan fingerprint density at radius 3 is 0.605 bits per heavy atom. The Balaban J connectivity index is 3.01. The zero-order chi connectivity index (χ0) is 27.5. The molecule has 0 aromatic heterocycles. The number of nitrogens with one attached hydrogen (secondary N) is 1. The minimum Gasteiger partial charge on any atom is -0.317 e. The lowest BCUT2D eigenvalue weighted by Crippen LogP contribution is -2.13. The van der Waals surface area contributed by atoms with Crippen molar-refractivity contribution in [3.8, 4) is 0 Å². The smallest absolute Gasteiger partial charge is 0.00490 e. The van der Waals surface area contributed by atoms with E-state index in [2.05, 4.69) is 19.2 Å². The van der Waals surface area contributed by atoms with Gasteiger partial charge in [-0.25, -0.2) is 0 Å². The van der Waals surface area contributed by atoms with Gasteiger partial charge in [0.25, 0.3) is 0 Å². The summed E-state index contributed by atoms with van der Waals surface area (Å²) in [5.41, 5.74) is 0. The van der Waals surface area contributed by atoms with Gasteiger partial charge in [0, 0.05) is 0 Å². The summed E-state index contributed by atoms with van der Waals surface area (Å²) >= 11 is 0. The van der Waals surface area contributed by atoms with Gasteiger partial charge in [-0.1, -0.05) is 219 Å². The average molecular weight is 536 g/mol. The highest BCUT2D eigenvalue weighted by molar-refractivity contribution is 4.53. The molecule has 0 spiro atoms. The highest BCUT2D eigenvalue weighted by Crippen LogP contribution is 2.16. The maximum atomic E-state index is 3.42. The van der Waals surface area contributed by atoms with Gasteiger partial charge in [0.2, 0.25) is 0 Å². The molecular weight excluding hydrogens is 458 g/mol. The highest BCUT2D eigenvalue weighted by Gasteiger charge is 1.97. The first-order valence-corrected chi connectivity index (χ1v) is 18.6. The largest absolute Gasteiger partial charge is 0.317 e. The van der Waals surface area contributed by atoms with Gasteiger partial charge in [0.1, 0.15) is 0 Å². The van der Waals surface area contributed by atoms with Crippen LogP contribution in [0.3, 0.4) is 0 Å². The number of unbranched alkanes of at least 4 members (excludes halogenated alkanes) is 32. The lowest BCUT2D eigenvalue weighted by molar-refractivity contribution is 0.511. The fourth-order valence-corrected chi connectivity index (χ4v) is 5.98. The van der Waals surface area contributed by atoms with Gasteiger partial charge in [0.05, 0.1) is 0 Å². The van der Waals surface area contributed by atoms with Crippen LogP contribution < -0.4 is 5.32 Å². The van der Waals surface area contributed by atoms with Gasteiger partial charge in [0.15, 0.2) is 0 Å². The van der Waals surface area contributed by atoms with E-state index >= 15 is 0 Å². The molecule has 230 valence electrons. The van der Waals surface area contributed by atoms with Crippen LogP contribution in [0.15, 0.2) is 0 Å². The lowest BCUT2D eigenvalue weighted by Gasteiger charge is -2.05. The van der Waals surface area contributed by atoms with Crippen LogP contribution in [-0.4, -0.2) is 13.1 Å². The van der Waals surface area contributed by atoms with E-state index in [9.17, 15) is 0 Å². The third-order valence-electron chi connectivity index (χ3n) is 8.71. The van der Waals surface area contributed by atoms with Crippen LogP contribution in [0, 0.1) is 0 Å². The molecular formula is C37H77N. The number of rotatable bonds is 35. The van der Waals surface area contributed by atoms with E-state index in [1.54, 1.807) is 0 Å². The summed E-state index contributed by atoms with van der Waals surface area (Å²) < 4.78 is 0. The Hall–Kier alpha value is -0.0400. The molecule has 1 nitrogen and oxygen atoms in total. The predicted octanol–water partition coefficient (Wildman–Crippen LogP) is 13.5. The molecule has 1 heteroatoms. The number of hydrogen-bond acceptors (Lipinski definition) is 1. The van der Waals surface area contributed by atoms with Crippen LogP contribution in [0.4, 0.5) is 0 Å². The van der Waals surface area contributed by atoms with Crippen molar-refractivity contribution in [3.05, 3.63) is 0 Å². The van der Waals surface area contributed by atoms with Gasteiger partial charge >= 0.3 is 0 Å². The molecule has 0 atom stereocenters. The summed E-state index contributed by atoms with van der Waals surface area (Å²) in [5, 5.41) is 3.42. The fraction of sp³-hybridized carbons (Fsp3) is 1.00. The Morgan fingerprint density at radius 2 is 0.421 bits per heavy atom. The van der Waals surface area contributed by atoms with Crippen molar-refractivity contribution in [3.63, 3.8) is 0 Å². The summed E-state index contributed by atoms with van der Waals surface area (Å²) in [5.74, 6) is 0. The predicted molar refractivity (Wildman–Crippen MR) is 177 cm³/mol. The molecule has 0 saturated carbocycles. The van der Waals surface area contributed by atoms with Crippen molar-refractivity contribution in [2.24, 2.45) is 0 Å². The van der Waals surface area contributed by atoms with Crippen LogP contribution in [0.2, 0.25) is 0 Å². The van der Waals surface area contributed by atoms with Gasteiger partial charge < -0.3 is 5.32 Å². The summed E-state index contributed by atoms with van der Waals surface area (Å²) in [6.07, 6.45) is 48.7. The average Bonchev–Trinajstić information content (AvgIpc) is 2.93. The van der Waals surface area contributed by atoms with Crippen LogP contribution in [-0.2, 0) is 0 Å². The maximum absolute atomic E-state index is 3.42. The second-order valence-corrected chi connectivity index (χ2v) is 12.7. The molecule has 0 aliphatic carbocycles.